The molecule has 0 radical (unpaired) electrons. The van der Waals surface area contributed by atoms with Crippen LogP contribution >= 0.6 is 0 Å². The molecule has 2 aromatic carbocycles. The number of fused-ring (bicyclic) bond motifs is 1. The van der Waals surface area contributed by atoms with E-state index in [1.54, 1.807) is 11.9 Å². The SMILES string of the molecule is CN(C(=O)CS(=O)(=O)CCCc1ccccc1)C1CCc2ccccc21. The van der Waals surface area contributed by atoms with Crippen molar-refractivity contribution in [2.45, 2.75) is 31.7 Å². The molecule has 0 saturated carbocycles. The molecule has 3 rings (SSSR count). The lowest BCUT2D eigenvalue weighted by Crippen LogP contribution is -2.35. The van der Waals surface area contributed by atoms with E-state index >= 15 is 0 Å². The zero-order valence-electron chi connectivity index (χ0n) is 15.1. The highest BCUT2D eigenvalue weighted by Crippen LogP contribution is 2.34. The number of carbonyl (C=O) groups excluding carboxylic acids is 1. The van der Waals surface area contributed by atoms with Crippen molar-refractivity contribution in [3.63, 3.8) is 0 Å². The summed E-state index contributed by atoms with van der Waals surface area (Å²) in [6.45, 7) is 0. The van der Waals surface area contributed by atoms with Gasteiger partial charge < -0.3 is 4.90 Å². The van der Waals surface area contributed by atoms with Crippen molar-refractivity contribution < 1.29 is 13.2 Å². The van der Waals surface area contributed by atoms with Crippen molar-refractivity contribution >= 4 is 15.7 Å². The number of rotatable bonds is 7. The highest BCUT2D eigenvalue weighted by molar-refractivity contribution is 7.92. The molecule has 5 heteroatoms. The first-order valence-electron chi connectivity index (χ1n) is 9.04. The first kappa shape index (κ1) is 18.6. The highest BCUT2D eigenvalue weighted by atomic mass is 32.2. The Morgan fingerprint density at radius 2 is 1.77 bits per heavy atom. The van der Waals surface area contributed by atoms with Crippen LogP contribution in [0.15, 0.2) is 54.6 Å². The van der Waals surface area contributed by atoms with E-state index in [9.17, 15) is 13.2 Å². The molecule has 0 heterocycles. The van der Waals surface area contributed by atoms with Crippen LogP contribution in [-0.4, -0.2) is 37.8 Å². The molecule has 0 bridgehead atoms. The minimum Gasteiger partial charge on any atom is -0.338 e. The van der Waals surface area contributed by atoms with Crippen molar-refractivity contribution in [2.24, 2.45) is 0 Å². The lowest BCUT2D eigenvalue weighted by Gasteiger charge is -2.25. The maximum atomic E-state index is 12.5. The van der Waals surface area contributed by atoms with Crippen LogP contribution in [0, 0.1) is 0 Å². The summed E-state index contributed by atoms with van der Waals surface area (Å²) in [4.78, 5) is 14.1. The minimum absolute atomic E-state index is 0.0155. The average molecular weight is 372 g/mol. The Bertz CT molecular complexity index is 862. The maximum Gasteiger partial charge on any atom is 0.238 e. The first-order chi connectivity index (χ1) is 12.5. The summed E-state index contributed by atoms with van der Waals surface area (Å²) in [5.74, 6) is -0.675. The Morgan fingerprint density at radius 3 is 2.54 bits per heavy atom. The summed E-state index contributed by atoms with van der Waals surface area (Å²) in [6, 6.07) is 17.9. The van der Waals surface area contributed by atoms with Gasteiger partial charge in [-0.25, -0.2) is 8.42 Å². The fraction of sp³-hybridized carbons (Fsp3) is 0.381. The van der Waals surface area contributed by atoms with Gasteiger partial charge in [0.05, 0.1) is 11.8 Å². The van der Waals surface area contributed by atoms with E-state index in [4.69, 9.17) is 0 Å². The number of sulfone groups is 1. The second kappa shape index (κ2) is 8.04. The molecule has 26 heavy (non-hydrogen) atoms. The van der Waals surface area contributed by atoms with Crippen molar-refractivity contribution in [1.82, 2.24) is 4.90 Å². The van der Waals surface area contributed by atoms with Gasteiger partial charge in [-0.15, -0.1) is 0 Å². The summed E-state index contributed by atoms with van der Waals surface area (Å²) in [6.07, 6.45) is 3.04. The van der Waals surface area contributed by atoms with Crippen LogP contribution in [0.3, 0.4) is 0 Å². The average Bonchev–Trinajstić information content (AvgIpc) is 3.05. The Hall–Kier alpha value is -2.14. The third kappa shape index (κ3) is 4.52. The van der Waals surface area contributed by atoms with Gasteiger partial charge in [-0.1, -0.05) is 54.6 Å². The molecule has 0 spiro atoms. The van der Waals surface area contributed by atoms with Crippen LogP contribution in [0.25, 0.3) is 0 Å². The van der Waals surface area contributed by atoms with Crippen LogP contribution < -0.4 is 0 Å². The molecular formula is C21H25NO3S. The fourth-order valence-electron chi connectivity index (χ4n) is 3.61. The number of hydrogen-bond donors (Lipinski definition) is 0. The normalized spacial score (nSPS) is 16.3. The number of benzene rings is 2. The minimum atomic E-state index is -3.39. The predicted molar refractivity (Wildman–Crippen MR) is 104 cm³/mol. The monoisotopic (exact) mass is 371 g/mol. The molecule has 1 aliphatic carbocycles. The quantitative estimate of drug-likeness (QED) is 0.751. The van der Waals surface area contributed by atoms with Gasteiger partial charge in [0.1, 0.15) is 5.75 Å². The topological polar surface area (TPSA) is 54.5 Å². The lowest BCUT2D eigenvalue weighted by atomic mass is 10.1. The van der Waals surface area contributed by atoms with E-state index in [0.29, 0.717) is 12.8 Å². The van der Waals surface area contributed by atoms with Gasteiger partial charge in [-0.2, -0.15) is 0 Å². The zero-order valence-corrected chi connectivity index (χ0v) is 15.9. The van der Waals surface area contributed by atoms with Gasteiger partial charge in [0.2, 0.25) is 5.91 Å². The molecule has 0 fully saturated rings. The molecule has 138 valence electrons. The molecular weight excluding hydrogens is 346 g/mol. The predicted octanol–water partition coefficient (Wildman–Crippen LogP) is 3.18. The van der Waals surface area contributed by atoms with E-state index in [2.05, 4.69) is 6.07 Å². The van der Waals surface area contributed by atoms with Crippen LogP contribution in [-0.2, 0) is 27.5 Å². The van der Waals surface area contributed by atoms with E-state index in [0.717, 1.165) is 24.0 Å². The molecule has 1 aliphatic rings. The van der Waals surface area contributed by atoms with Crippen molar-refractivity contribution in [1.29, 1.82) is 0 Å². The van der Waals surface area contributed by atoms with Crippen molar-refractivity contribution in [3.05, 3.63) is 71.3 Å². The largest absolute Gasteiger partial charge is 0.338 e. The highest BCUT2D eigenvalue weighted by Gasteiger charge is 2.30. The van der Waals surface area contributed by atoms with Gasteiger partial charge in [-0.3, -0.25) is 4.79 Å². The molecule has 1 unspecified atom stereocenters. The van der Waals surface area contributed by atoms with E-state index in [-0.39, 0.29) is 17.7 Å². The Kier molecular flexibility index (Phi) is 5.77. The Balaban J connectivity index is 1.55. The van der Waals surface area contributed by atoms with Gasteiger partial charge in [0.15, 0.2) is 9.84 Å². The van der Waals surface area contributed by atoms with E-state index in [1.165, 1.54) is 5.56 Å². The summed E-state index contributed by atoms with van der Waals surface area (Å²) < 4.78 is 24.7. The van der Waals surface area contributed by atoms with Gasteiger partial charge in [0.25, 0.3) is 0 Å². The zero-order chi connectivity index (χ0) is 18.6. The lowest BCUT2D eigenvalue weighted by molar-refractivity contribution is -0.129. The molecule has 0 saturated heterocycles. The first-order valence-corrected chi connectivity index (χ1v) is 10.9. The Morgan fingerprint density at radius 1 is 1.08 bits per heavy atom. The maximum absolute atomic E-state index is 12.5. The summed E-state index contributed by atoms with van der Waals surface area (Å²) in [7, 11) is -1.68. The van der Waals surface area contributed by atoms with Crippen LogP contribution in [0.4, 0.5) is 0 Å². The summed E-state index contributed by atoms with van der Waals surface area (Å²) >= 11 is 0. The second-order valence-electron chi connectivity index (χ2n) is 6.94. The number of hydrogen-bond acceptors (Lipinski definition) is 3. The van der Waals surface area contributed by atoms with E-state index in [1.807, 2.05) is 48.5 Å². The number of carbonyl (C=O) groups is 1. The number of aryl methyl sites for hydroxylation is 2. The Labute approximate surface area is 155 Å². The third-order valence-corrected chi connectivity index (χ3v) is 6.67. The van der Waals surface area contributed by atoms with Crippen LogP contribution in [0.5, 0.6) is 0 Å². The fourth-order valence-corrected chi connectivity index (χ4v) is 4.92. The van der Waals surface area contributed by atoms with Gasteiger partial charge >= 0.3 is 0 Å². The van der Waals surface area contributed by atoms with Crippen molar-refractivity contribution in [3.8, 4) is 0 Å². The number of amides is 1. The van der Waals surface area contributed by atoms with Gasteiger partial charge in [0, 0.05) is 7.05 Å². The second-order valence-corrected chi connectivity index (χ2v) is 9.12. The molecule has 0 aliphatic heterocycles. The van der Waals surface area contributed by atoms with Crippen molar-refractivity contribution in [2.75, 3.05) is 18.6 Å². The summed E-state index contributed by atoms with van der Waals surface area (Å²) in [5, 5.41) is 0. The molecule has 1 atom stereocenters. The molecule has 0 aromatic heterocycles. The molecule has 0 N–H and O–H groups in total. The van der Waals surface area contributed by atoms with Gasteiger partial charge in [-0.05, 0) is 42.4 Å². The molecule has 1 amide bonds. The summed E-state index contributed by atoms with van der Waals surface area (Å²) in [5.41, 5.74) is 3.52. The van der Waals surface area contributed by atoms with Crippen LogP contribution in [0.1, 0.15) is 35.6 Å². The number of nitrogens with zero attached hydrogens (tertiary/aromatic N) is 1. The van der Waals surface area contributed by atoms with Crippen LogP contribution in [0.2, 0.25) is 0 Å². The molecule has 4 nitrogen and oxygen atoms in total. The standard InChI is InChI=1S/C21H25NO3S/c1-22(20-14-13-18-11-5-6-12-19(18)20)21(23)16-26(24,25)15-7-10-17-8-3-2-4-9-17/h2-6,8-9,11-12,20H,7,10,13-16H2,1H3. The third-order valence-electron chi connectivity index (χ3n) is 5.07. The van der Waals surface area contributed by atoms with E-state index < -0.39 is 15.6 Å². The smallest absolute Gasteiger partial charge is 0.238 e. The molecule has 2 aromatic rings.